The van der Waals surface area contributed by atoms with Gasteiger partial charge >= 0.3 is 0 Å². The van der Waals surface area contributed by atoms with E-state index >= 15 is 0 Å². The molecular weight excluding hydrogens is 220 g/mol. The Morgan fingerprint density at radius 1 is 1.38 bits per heavy atom. The van der Waals surface area contributed by atoms with Crippen molar-refractivity contribution in [2.24, 2.45) is 0 Å². The lowest BCUT2D eigenvalue weighted by atomic mass is 10.1. The Hall–Kier alpha value is -1.28. The van der Waals surface area contributed by atoms with Gasteiger partial charge in [-0.15, -0.1) is 0 Å². The number of nitrogens with one attached hydrogen (secondary N) is 1. The second-order valence-corrected chi connectivity index (χ2v) is 4.30. The number of rotatable bonds is 3. The molecule has 1 aromatic carbocycles. The third kappa shape index (κ3) is 2.12. The first-order chi connectivity index (χ1) is 7.72. The summed E-state index contributed by atoms with van der Waals surface area (Å²) in [5.41, 5.74) is 2.02. The van der Waals surface area contributed by atoms with Crippen LogP contribution in [-0.4, -0.2) is 11.5 Å². The van der Waals surface area contributed by atoms with Crippen LogP contribution in [0.3, 0.4) is 0 Å². The molecule has 2 nitrogen and oxygen atoms in total. The second-order valence-electron chi connectivity index (χ2n) is 3.89. The minimum atomic E-state index is 0.706. The molecule has 1 N–H and O–H groups in total. The van der Waals surface area contributed by atoms with Gasteiger partial charge in [-0.3, -0.25) is 0 Å². The average Bonchev–Trinajstić information content (AvgIpc) is 2.27. The number of hydrogen-bond acceptors (Lipinski definition) is 2. The smallest absolute Gasteiger partial charge is 0.129 e. The van der Waals surface area contributed by atoms with Crippen molar-refractivity contribution in [3.63, 3.8) is 0 Å². The van der Waals surface area contributed by atoms with E-state index in [0.29, 0.717) is 5.02 Å². The number of para-hydroxylation sites is 1. The second kappa shape index (κ2) is 4.71. The third-order valence-electron chi connectivity index (χ3n) is 2.53. The van der Waals surface area contributed by atoms with Gasteiger partial charge in [0.1, 0.15) is 5.82 Å². The maximum absolute atomic E-state index is 6.13. The molecule has 0 unspecified atom stereocenters. The lowest BCUT2D eigenvalue weighted by Gasteiger charge is -2.09. The van der Waals surface area contributed by atoms with Crippen LogP contribution in [0.1, 0.15) is 18.9 Å². The van der Waals surface area contributed by atoms with Crippen LogP contribution in [0.4, 0.5) is 5.82 Å². The Labute approximate surface area is 101 Å². The number of aryl methyl sites for hydroxylation is 1. The highest BCUT2D eigenvalue weighted by atomic mass is 35.5. The maximum Gasteiger partial charge on any atom is 0.129 e. The van der Waals surface area contributed by atoms with E-state index in [0.717, 1.165) is 35.2 Å². The van der Waals surface area contributed by atoms with Crippen molar-refractivity contribution in [3.05, 3.63) is 34.9 Å². The molecule has 2 rings (SSSR count). The van der Waals surface area contributed by atoms with Crippen LogP contribution in [0, 0.1) is 6.92 Å². The fourth-order valence-electron chi connectivity index (χ4n) is 1.69. The number of anilines is 1. The van der Waals surface area contributed by atoms with Crippen LogP contribution < -0.4 is 5.32 Å². The van der Waals surface area contributed by atoms with E-state index in [-0.39, 0.29) is 0 Å². The fourth-order valence-corrected chi connectivity index (χ4v) is 1.91. The monoisotopic (exact) mass is 234 g/mol. The molecule has 2 aromatic rings. The number of benzene rings is 1. The van der Waals surface area contributed by atoms with Gasteiger partial charge in [0.25, 0.3) is 0 Å². The van der Waals surface area contributed by atoms with Crippen molar-refractivity contribution >= 4 is 28.3 Å². The number of pyridine rings is 1. The highest BCUT2D eigenvalue weighted by molar-refractivity contribution is 6.35. The molecular formula is C13H15ClN2. The summed E-state index contributed by atoms with van der Waals surface area (Å²) in [4.78, 5) is 4.57. The molecule has 0 atom stereocenters. The van der Waals surface area contributed by atoms with E-state index in [2.05, 4.69) is 30.2 Å². The lowest BCUT2D eigenvalue weighted by molar-refractivity contribution is 0.968. The van der Waals surface area contributed by atoms with E-state index in [1.54, 1.807) is 0 Å². The van der Waals surface area contributed by atoms with Gasteiger partial charge in [0.15, 0.2) is 0 Å². The minimum Gasteiger partial charge on any atom is -0.370 e. The van der Waals surface area contributed by atoms with Gasteiger partial charge in [0.05, 0.1) is 10.5 Å². The van der Waals surface area contributed by atoms with Crippen molar-refractivity contribution in [2.45, 2.75) is 20.3 Å². The van der Waals surface area contributed by atoms with Gasteiger partial charge in [-0.2, -0.15) is 0 Å². The molecule has 84 valence electrons. The summed E-state index contributed by atoms with van der Waals surface area (Å²) in [6.45, 7) is 5.13. The third-order valence-corrected chi connectivity index (χ3v) is 2.83. The van der Waals surface area contributed by atoms with Crippen LogP contribution >= 0.6 is 11.6 Å². The summed E-state index contributed by atoms with van der Waals surface area (Å²) in [5, 5.41) is 5.11. The Morgan fingerprint density at radius 3 is 2.94 bits per heavy atom. The molecule has 0 saturated heterocycles. The molecule has 0 aliphatic heterocycles. The fraction of sp³-hybridized carbons (Fsp3) is 0.308. The first kappa shape index (κ1) is 11.2. The van der Waals surface area contributed by atoms with Crippen molar-refractivity contribution in [2.75, 3.05) is 11.9 Å². The molecule has 0 spiro atoms. The molecule has 3 heteroatoms. The highest BCUT2D eigenvalue weighted by Gasteiger charge is 2.05. The van der Waals surface area contributed by atoms with Crippen molar-refractivity contribution < 1.29 is 0 Å². The first-order valence-electron chi connectivity index (χ1n) is 5.52. The van der Waals surface area contributed by atoms with Gasteiger partial charge < -0.3 is 5.32 Å². The molecule has 0 radical (unpaired) electrons. The molecule has 0 fully saturated rings. The molecule has 0 saturated carbocycles. The molecule has 0 aliphatic rings. The van der Waals surface area contributed by atoms with Gasteiger partial charge in [0, 0.05) is 11.9 Å². The number of aromatic nitrogens is 1. The maximum atomic E-state index is 6.13. The molecule has 16 heavy (non-hydrogen) atoms. The number of nitrogens with zero attached hydrogens (tertiary/aromatic N) is 1. The Morgan fingerprint density at radius 2 is 2.19 bits per heavy atom. The predicted octanol–water partition coefficient (Wildman–Crippen LogP) is 4.02. The van der Waals surface area contributed by atoms with Crippen molar-refractivity contribution in [1.29, 1.82) is 0 Å². The summed E-state index contributed by atoms with van der Waals surface area (Å²) < 4.78 is 0. The zero-order chi connectivity index (χ0) is 11.5. The van der Waals surface area contributed by atoms with Gasteiger partial charge in [0.2, 0.25) is 0 Å². The van der Waals surface area contributed by atoms with E-state index in [1.165, 1.54) is 0 Å². The molecule has 0 amide bonds. The molecule has 1 aromatic heterocycles. The van der Waals surface area contributed by atoms with E-state index < -0.39 is 0 Å². The summed E-state index contributed by atoms with van der Waals surface area (Å²) in [6.07, 6.45) is 1.08. The number of halogens is 1. The topological polar surface area (TPSA) is 24.9 Å². The van der Waals surface area contributed by atoms with Crippen molar-refractivity contribution in [3.8, 4) is 0 Å². The van der Waals surface area contributed by atoms with Crippen LogP contribution in [0.5, 0.6) is 0 Å². The van der Waals surface area contributed by atoms with Crippen LogP contribution in [-0.2, 0) is 0 Å². The van der Waals surface area contributed by atoms with E-state index in [1.807, 2.05) is 18.2 Å². The SMILES string of the molecule is CCCNc1nc2c(Cl)cccc2cc1C. The average molecular weight is 235 g/mol. The first-order valence-corrected chi connectivity index (χ1v) is 5.90. The summed E-state index contributed by atoms with van der Waals surface area (Å²) in [5.74, 6) is 0.933. The van der Waals surface area contributed by atoms with Gasteiger partial charge in [-0.1, -0.05) is 30.7 Å². The Balaban J connectivity index is 2.51. The standard InChI is InChI=1S/C13H15ClN2/c1-3-7-15-13-9(2)8-10-5-4-6-11(14)12(10)16-13/h4-6,8H,3,7H2,1-2H3,(H,15,16). The molecule has 0 bridgehead atoms. The van der Waals surface area contributed by atoms with Crippen LogP contribution in [0.25, 0.3) is 10.9 Å². The van der Waals surface area contributed by atoms with Gasteiger partial charge in [-0.05, 0) is 31.0 Å². The zero-order valence-electron chi connectivity index (χ0n) is 9.55. The van der Waals surface area contributed by atoms with Gasteiger partial charge in [-0.25, -0.2) is 4.98 Å². The largest absolute Gasteiger partial charge is 0.370 e. The van der Waals surface area contributed by atoms with Crippen LogP contribution in [0.2, 0.25) is 5.02 Å². The van der Waals surface area contributed by atoms with Crippen molar-refractivity contribution in [1.82, 2.24) is 4.98 Å². The summed E-state index contributed by atoms with van der Waals surface area (Å²) in [7, 11) is 0. The minimum absolute atomic E-state index is 0.706. The Bertz CT molecular complexity index is 509. The van der Waals surface area contributed by atoms with E-state index in [4.69, 9.17) is 11.6 Å². The number of fused-ring (bicyclic) bond motifs is 1. The lowest BCUT2D eigenvalue weighted by Crippen LogP contribution is -2.04. The predicted molar refractivity (Wildman–Crippen MR) is 70.3 cm³/mol. The summed E-state index contributed by atoms with van der Waals surface area (Å²) in [6, 6.07) is 7.97. The number of hydrogen-bond donors (Lipinski definition) is 1. The summed E-state index contributed by atoms with van der Waals surface area (Å²) >= 11 is 6.13. The van der Waals surface area contributed by atoms with E-state index in [9.17, 15) is 0 Å². The normalized spacial score (nSPS) is 10.7. The molecule has 1 heterocycles. The van der Waals surface area contributed by atoms with Crippen LogP contribution in [0.15, 0.2) is 24.3 Å². The highest BCUT2D eigenvalue weighted by Crippen LogP contribution is 2.25. The Kier molecular flexibility index (Phi) is 3.30. The quantitative estimate of drug-likeness (QED) is 0.868. The zero-order valence-corrected chi connectivity index (χ0v) is 10.3. The molecule has 0 aliphatic carbocycles.